The van der Waals surface area contributed by atoms with Gasteiger partial charge in [0.15, 0.2) is 5.75 Å². The second-order valence-electron chi connectivity index (χ2n) is 8.65. The van der Waals surface area contributed by atoms with Crippen molar-refractivity contribution in [3.63, 3.8) is 0 Å². The molecule has 14 heteroatoms. The van der Waals surface area contributed by atoms with Crippen LogP contribution in [0.4, 0.5) is 20.3 Å². The maximum atomic E-state index is 14.4. The molecule has 0 saturated heterocycles. The molecule has 2 aromatic carbocycles. The van der Waals surface area contributed by atoms with Crippen molar-refractivity contribution in [1.82, 2.24) is 19.7 Å². The van der Waals surface area contributed by atoms with Crippen LogP contribution in [0.3, 0.4) is 0 Å². The van der Waals surface area contributed by atoms with Crippen LogP contribution in [0.1, 0.15) is 21.6 Å². The lowest BCUT2D eigenvalue weighted by molar-refractivity contribution is 0.103. The van der Waals surface area contributed by atoms with E-state index in [1.165, 1.54) is 41.3 Å². The summed E-state index contributed by atoms with van der Waals surface area (Å²) in [7, 11) is -3.71. The van der Waals surface area contributed by atoms with E-state index in [0.29, 0.717) is 22.2 Å². The Labute approximate surface area is 225 Å². The van der Waals surface area contributed by atoms with E-state index in [4.69, 9.17) is 22.1 Å². The molecule has 0 amide bonds. The van der Waals surface area contributed by atoms with Crippen molar-refractivity contribution < 1.29 is 26.7 Å². The number of ketones is 1. The largest absolute Gasteiger partial charge is 0.437 e. The van der Waals surface area contributed by atoms with E-state index in [2.05, 4.69) is 19.8 Å². The lowest BCUT2D eigenvalue weighted by atomic mass is 10.1. The topological polar surface area (TPSA) is 145 Å². The minimum atomic E-state index is -3.71. The van der Waals surface area contributed by atoms with E-state index in [1.54, 1.807) is 13.0 Å². The molecule has 10 nitrogen and oxygen atoms in total. The number of carbonyl (C=O) groups is 1. The molecule has 0 unspecified atom stereocenters. The fraction of sp³-hybridized carbons (Fsp3) is 0.0800. The Morgan fingerprint density at radius 1 is 1.15 bits per heavy atom. The number of ether oxygens (including phenoxy) is 1. The van der Waals surface area contributed by atoms with Gasteiger partial charge in [-0.2, -0.15) is 5.10 Å². The molecular weight excluding hydrogens is 554 g/mol. The van der Waals surface area contributed by atoms with Crippen LogP contribution in [-0.2, 0) is 10.0 Å². The summed E-state index contributed by atoms with van der Waals surface area (Å²) in [6.07, 6.45) is 3.62. The van der Waals surface area contributed by atoms with Crippen molar-refractivity contribution in [3.8, 4) is 17.3 Å². The highest BCUT2D eigenvalue weighted by atomic mass is 35.5. The number of hydrogen-bond acceptors (Lipinski definition) is 7. The summed E-state index contributed by atoms with van der Waals surface area (Å²) < 4.78 is 59.9. The Bertz CT molecular complexity index is 1890. The first-order valence-corrected chi connectivity index (χ1v) is 13.4. The molecular formula is C25H19ClF2N6O4S. The number of nitrogen functional groups attached to an aromatic ring is 1. The highest BCUT2D eigenvalue weighted by Crippen LogP contribution is 2.31. The van der Waals surface area contributed by atoms with Crippen LogP contribution in [0.15, 0.2) is 54.9 Å². The summed E-state index contributed by atoms with van der Waals surface area (Å²) in [6, 6.07) is 9.08. The van der Waals surface area contributed by atoms with E-state index in [-0.39, 0.29) is 39.4 Å². The highest BCUT2D eigenvalue weighted by molar-refractivity contribution is 7.92. The average Bonchev–Trinajstić information content (AvgIpc) is 3.43. The van der Waals surface area contributed by atoms with Crippen LogP contribution in [-0.4, -0.2) is 40.2 Å². The molecule has 0 aliphatic rings. The third-order valence-corrected chi connectivity index (χ3v) is 6.60. The number of nitrogens with one attached hydrogen (secondary N) is 2. The first-order chi connectivity index (χ1) is 18.4. The first kappa shape index (κ1) is 26.1. The number of aryl methyl sites for hydroxylation is 1. The molecule has 0 aliphatic carbocycles. The molecule has 0 atom stereocenters. The smallest absolute Gasteiger partial charge is 0.229 e. The molecule has 5 aromatic rings. The number of halogens is 3. The summed E-state index contributed by atoms with van der Waals surface area (Å²) in [4.78, 5) is 20.3. The molecule has 0 radical (unpaired) electrons. The average molecular weight is 573 g/mol. The quantitative estimate of drug-likeness (QED) is 0.234. The van der Waals surface area contributed by atoms with E-state index >= 15 is 0 Å². The Hall–Kier alpha value is -4.49. The number of hydrogen-bond donors (Lipinski definition) is 3. The SMILES string of the molecule is Cc1cc(Oc2cc(F)ccc2Cl)ncc1-n1ncc(C(=O)c2cc3cc(F)c(NS(C)(=O)=O)cc3[nH]2)c1N. The monoisotopic (exact) mass is 572 g/mol. The van der Waals surface area contributed by atoms with E-state index in [1.807, 2.05) is 0 Å². The Morgan fingerprint density at radius 2 is 1.92 bits per heavy atom. The van der Waals surface area contributed by atoms with Gasteiger partial charge in [-0.1, -0.05) is 11.6 Å². The second-order valence-corrected chi connectivity index (χ2v) is 10.8. The number of H-pyrrole nitrogens is 1. The molecule has 200 valence electrons. The number of fused-ring (bicyclic) bond motifs is 1. The number of benzene rings is 2. The van der Waals surface area contributed by atoms with Gasteiger partial charge in [-0.25, -0.2) is 26.9 Å². The van der Waals surface area contributed by atoms with Crippen LogP contribution in [0.25, 0.3) is 16.6 Å². The number of carbonyl (C=O) groups excluding carboxylic acids is 1. The number of pyridine rings is 1. The molecule has 3 heterocycles. The highest BCUT2D eigenvalue weighted by Gasteiger charge is 2.21. The van der Waals surface area contributed by atoms with E-state index < -0.39 is 27.4 Å². The van der Waals surface area contributed by atoms with Crippen molar-refractivity contribution >= 4 is 49.8 Å². The van der Waals surface area contributed by atoms with Crippen molar-refractivity contribution in [2.75, 3.05) is 16.7 Å². The molecule has 0 saturated carbocycles. The van der Waals surface area contributed by atoms with Crippen LogP contribution < -0.4 is 15.2 Å². The number of anilines is 2. The molecule has 0 fully saturated rings. The second kappa shape index (κ2) is 9.67. The lowest BCUT2D eigenvalue weighted by Crippen LogP contribution is -2.10. The fourth-order valence-electron chi connectivity index (χ4n) is 3.89. The molecule has 0 bridgehead atoms. The number of nitrogens with two attached hydrogens (primary N) is 1. The fourth-order valence-corrected chi connectivity index (χ4v) is 4.60. The van der Waals surface area contributed by atoms with Gasteiger partial charge >= 0.3 is 0 Å². The summed E-state index contributed by atoms with van der Waals surface area (Å²) in [5.74, 6) is -1.56. The van der Waals surface area contributed by atoms with Gasteiger partial charge in [0.05, 0.1) is 46.3 Å². The third-order valence-electron chi connectivity index (χ3n) is 5.69. The zero-order valence-corrected chi connectivity index (χ0v) is 21.9. The Balaban J connectivity index is 1.43. The van der Waals surface area contributed by atoms with Gasteiger partial charge in [0.2, 0.25) is 21.7 Å². The Morgan fingerprint density at radius 3 is 2.64 bits per heavy atom. The van der Waals surface area contributed by atoms with Gasteiger partial charge in [0.25, 0.3) is 0 Å². The zero-order valence-electron chi connectivity index (χ0n) is 20.3. The van der Waals surface area contributed by atoms with Gasteiger partial charge in [0.1, 0.15) is 17.5 Å². The minimum Gasteiger partial charge on any atom is -0.437 e. The van der Waals surface area contributed by atoms with E-state index in [9.17, 15) is 22.0 Å². The Kier molecular flexibility index (Phi) is 6.48. The minimum absolute atomic E-state index is 0.0241. The molecule has 3 aromatic heterocycles. The predicted molar refractivity (Wildman–Crippen MR) is 142 cm³/mol. The zero-order chi connectivity index (χ0) is 28.1. The number of sulfonamides is 1. The van der Waals surface area contributed by atoms with Crippen LogP contribution in [0.5, 0.6) is 11.6 Å². The standard InChI is InChI=1S/C25H19ClF2N6O4S/c1-12-5-23(38-22-8-14(27)3-4-16(22)26)30-11-21(12)34-25(29)15(10-31-34)24(35)20-7-13-6-17(28)19(9-18(13)32-20)33-39(2,36)37/h3-11,32-33H,29H2,1-2H3. The normalized spacial score (nSPS) is 11.6. The number of aromatic nitrogens is 4. The van der Waals surface area contributed by atoms with Crippen LogP contribution >= 0.6 is 11.6 Å². The summed E-state index contributed by atoms with van der Waals surface area (Å²) in [6.45, 7) is 1.74. The summed E-state index contributed by atoms with van der Waals surface area (Å²) in [5, 5.41) is 4.79. The van der Waals surface area contributed by atoms with Gasteiger partial charge in [-0.15, -0.1) is 0 Å². The maximum absolute atomic E-state index is 14.4. The van der Waals surface area contributed by atoms with Gasteiger partial charge in [0, 0.05) is 23.0 Å². The van der Waals surface area contributed by atoms with Gasteiger partial charge in [-0.3, -0.25) is 9.52 Å². The van der Waals surface area contributed by atoms with Crippen molar-refractivity contribution in [2.45, 2.75) is 6.92 Å². The predicted octanol–water partition coefficient (Wildman–Crippen LogP) is 4.97. The molecule has 4 N–H and O–H groups in total. The molecule has 5 rings (SSSR count). The number of nitrogens with zero attached hydrogens (tertiary/aromatic N) is 3. The summed E-state index contributed by atoms with van der Waals surface area (Å²) >= 11 is 6.05. The van der Waals surface area contributed by atoms with Gasteiger partial charge in [-0.05, 0) is 42.8 Å². The first-order valence-electron chi connectivity index (χ1n) is 11.2. The van der Waals surface area contributed by atoms with Crippen LogP contribution in [0, 0.1) is 18.6 Å². The molecule has 39 heavy (non-hydrogen) atoms. The molecule has 0 aliphatic heterocycles. The van der Waals surface area contributed by atoms with Gasteiger partial charge < -0.3 is 15.5 Å². The molecule has 0 spiro atoms. The lowest BCUT2D eigenvalue weighted by Gasteiger charge is -2.11. The summed E-state index contributed by atoms with van der Waals surface area (Å²) in [5.41, 5.74) is 7.60. The van der Waals surface area contributed by atoms with Crippen molar-refractivity contribution in [2.24, 2.45) is 0 Å². The van der Waals surface area contributed by atoms with Crippen molar-refractivity contribution in [1.29, 1.82) is 0 Å². The van der Waals surface area contributed by atoms with Crippen LogP contribution in [0.2, 0.25) is 5.02 Å². The number of aromatic amines is 1. The number of rotatable bonds is 7. The third kappa shape index (κ3) is 5.26. The van der Waals surface area contributed by atoms with E-state index in [0.717, 1.165) is 18.4 Å². The maximum Gasteiger partial charge on any atom is 0.229 e. The van der Waals surface area contributed by atoms with Crippen molar-refractivity contribution in [3.05, 3.63) is 88.3 Å².